The van der Waals surface area contributed by atoms with E-state index in [1.165, 1.54) is 0 Å². The molecule has 2 aromatic rings. The van der Waals surface area contributed by atoms with Crippen LogP contribution in [0, 0.1) is 0 Å². The van der Waals surface area contributed by atoms with Gasteiger partial charge in [0.15, 0.2) is 5.69 Å². The number of carbonyl (C=O) groups is 1. The maximum atomic E-state index is 12.6. The standard InChI is InChI=1S/C15H21N5O/c1-9(2)13-12(16)14(19-18-13)15(21)20(4)10(3)11-5-7-17-8-6-11/h5-10H,16H2,1-4H3,(H,18,19). The number of nitrogen functional groups attached to an aromatic ring is 1. The van der Waals surface area contributed by atoms with E-state index < -0.39 is 0 Å². The second-order valence-corrected chi connectivity index (χ2v) is 5.43. The number of rotatable bonds is 4. The van der Waals surface area contributed by atoms with E-state index in [4.69, 9.17) is 5.73 Å². The van der Waals surface area contributed by atoms with Gasteiger partial charge >= 0.3 is 0 Å². The van der Waals surface area contributed by atoms with Crippen molar-refractivity contribution >= 4 is 11.6 Å². The van der Waals surface area contributed by atoms with Crippen molar-refractivity contribution in [3.05, 3.63) is 41.5 Å². The molecule has 21 heavy (non-hydrogen) atoms. The smallest absolute Gasteiger partial charge is 0.276 e. The Labute approximate surface area is 124 Å². The van der Waals surface area contributed by atoms with Crippen LogP contribution in [0.15, 0.2) is 24.5 Å². The highest BCUT2D eigenvalue weighted by molar-refractivity contribution is 5.97. The summed E-state index contributed by atoms with van der Waals surface area (Å²) in [6, 6.07) is 3.70. The lowest BCUT2D eigenvalue weighted by Gasteiger charge is -2.24. The normalized spacial score (nSPS) is 12.4. The fourth-order valence-corrected chi connectivity index (χ4v) is 2.18. The van der Waals surface area contributed by atoms with Gasteiger partial charge in [-0.1, -0.05) is 13.8 Å². The summed E-state index contributed by atoms with van der Waals surface area (Å²) in [5.74, 6) is 0.00180. The van der Waals surface area contributed by atoms with Crippen LogP contribution in [0.25, 0.3) is 0 Å². The molecule has 0 aliphatic rings. The van der Waals surface area contributed by atoms with Gasteiger partial charge in [0, 0.05) is 19.4 Å². The summed E-state index contributed by atoms with van der Waals surface area (Å²) in [6.45, 7) is 5.96. The molecule has 0 saturated carbocycles. The zero-order chi connectivity index (χ0) is 15.6. The maximum Gasteiger partial charge on any atom is 0.276 e. The number of nitrogens with two attached hydrogens (primary N) is 1. The minimum atomic E-state index is -0.194. The molecule has 0 aliphatic carbocycles. The van der Waals surface area contributed by atoms with Crippen LogP contribution in [0.5, 0.6) is 0 Å². The third kappa shape index (κ3) is 2.89. The topological polar surface area (TPSA) is 87.9 Å². The molecule has 0 bridgehead atoms. The van der Waals surface area contributed by atoms with Gasteiger partial charge in [0.05, 0.1) is 17.4 Å². The number of carbonyl (C=O) groups excluding carboxylic acids is 1. The highest BCUT2D eigenvalue weighted by Gasteiger charge is 2.25. The molecule has 6 nitrogen and oxygen atoms in total. The van der Waals surface area contributed by atoms with Crippen molar-refractivity contribution in [1.82, 2.24) is 20.1 Å². The molecule has 3 N–H and O–H groups in total. The number of nitrogens with zero attached hydrogens (tertiary/aromatic N) is 3. The summed E-state index contributed by atoms with van der Waals surface area (Å²) < 4.78 is 0. The summed E-state index contributed by atoms with van der Waals surface area (Å²) in [5.41, 5.74) is 8.55. The molecule has 0 radical (unpaired) electrons. The van der Waals surface area contributed by atoms with Gasteiger partial charge in [-0.25, -0.2) is 0 Å². The number of aromatic amines is 1. The quantitative estimate of drug-likeness (QED) is 0.903. The summed E-state index contributed by atoms with van der Waals surface area (Å²) in [4.78, 5) is 18.2. The SMILES string of the molecule is CC(C)c1[nH]nc(C(=O)N(C)C(C)c2ccncc2)c1N. The minimum absolute atomic E-state index is 0.0842. The molecule has 1 amide bonds. The molecule has 0 aromatic carbocycles. The summed E-state index contributed by atoms with van der Waals surface area (Å²) in [6.07, 6.45) is 3.42. The van der Waals surface area contributed by atoms with Crippen LogP contribution in [0.3, 0.4) is 0 Å². The summed E-state index contributed by atoms with van der Waals surface area (Å²) >= 11 is 0. The number of hydrogen-bond donors (Lipinski definition) is 2. The minimum Gasteiger partial charge on any atom is -0.395 e. The van der Waals surface area contributed by atoms with Crippen molar-refractivity contribution in [2.45, 2.75) is 32.7 Å². The lowest BCUT2D eigenvalue weighted by Crippen LogP contribution is -2.30. The van der Waals surface area contributed by atoms with Crippen molar-refractivity contribution in [3.8, 4) is 0 Å². The third-order valence-electron chi connectivity index (χ3n) is 3.70. The lowest BCUT2D eigenvalue weighted by atomic mass is 10.1. The van der Waals surface area contributed by atoms with E-state index in [1.807, 2.05) is 32.9 Å². The Morgan fingerprint density at radius 1 is 1.29 bits per heavy atom. The van der Waals surface area contributed by atoms with E-state index in [9.17, 15) is 4.79 Å². The highest BCUT2D eigenvalue weighted by Crippen LogP contribution is 2.25. The predicted octanol–water partition coefficient (Wildman–Crippen LogP) is 2.34. The number of hydrogen-bond acceptors (Lipinski definition) is 4. The Kier molecular flexibility index (Phi) is 4.26. The van der Waals surface area contributed by atoms with Crippen LogP contribution in [-0.4, -0.2) is 33.0 Å². The van der Waals surface area contributed by atoms with Gasteiger partial charge < -0.3 is 10.6 Å². The molecule has 0 saturated heterocycles. The predicted molar refractivity (Wildman–Crippen MR) is 81.8 cm³/mol. The number of anilines is 1. The fraction of sp³-hybridized carbons (Fsp3) is 0.400. The first-order valence-electron chi connectivity index (χ1n) is 6.94. The van der Waals surface area contributed by atoms with Crippen LogP contribution >= 0.6 is 0 Å². The second-order valence-electron chi connectivity index (χ2n) is 5.43. The first-order chi connectivity index (χ1) is 9.93. The van der Waals surface area contributed by atoms with Crippen LogP contribution in [0.2, 0.25) is 0 Å². The number of nitrogens with one attached hydrogen (secondary N) is 1. The molecule has 0 spiro atoms. The third-order valence-corrected chi connectivity index (χ3v) is 3.70. The van der Waals surface area contributed by atoms with Gasteiger partial charge in [0.1, 0.15) is 0 Å². The Morgan fingerprint density at radius 3 is 2.43 bits per heavy atom. The number of H-pyrrole nitrogens is 1. The zero-order valence-electron chi connectivity index (χ0n) is 12.8. The van der Waals surface area contributed by atoms with Crippen LogP contribution in [-0.2, 0) is 0 Å². The number of aromatic nitrogens is 3. The van der Waals surface area contributed by atoms with E-state index >= 15 is 0 Å². The van der Waals surface area contributed by atoms with Crippen LogP contribution in [0.1, 0.15) is 54.5 Å². The lowest BCUT2D eigenvalue weighted by molar-refractivity contribution is 0.0737. The average molecular weight is 287 g/mol. The average Bonchev–Trinajstić information content (AvgIpc) is 2.87. The van der Waals surface area contributed by atoms with E-state index in [0.717, 1.165) is 11.3 Å². The van der Waals surface area contributed by atoms with Gasteiger partial charge in [-0.2, -0.15) is 5.10 Å². The molecular weight excluding hydrogens is 266 g/mol. The number of amides is 1. The van der Waals surface area contributed by atoms with Crippen LogP contribution < -0.4 is 5.73 Å². The van der Waals surface area contributed by atoms with E-state index in [2.05, 4.69) is 15.2 Å². The van der Waals surface area contributed by atoms with Gasteiger partial charge in [0.2, 0.25) is 0 Å². The van der Waals surface area contributed by atoms with Crippen molar-refractivity contribution in [2.75, 3.05) is 12.8 Å². The van der Waals surface area contributed by atoms with Gasteiger partial charge in [-0.15, -0.1) is 0 Å². The van der Waals surface area contributed by atoms with Crippen molar-refractivity contribution in [2.24, 2.45) is 0 Å². The van der Waals surface area contributed by atoms with Crippen molar-refractivity contribution in [3.63, 3.8) is 0 Å². The summed E-state index contributed by atoms with van der Waals surface area (Å²) in [5, 5.41) is 6.94. The second kappa shape index (κ2) is 5.95. The van der Waals surface area contributed by atoms with E-state index in [1.54, 1.807) is 24.3 Å². The molecule has 2 rings (SSSR count). The Bertz CT molecular complexity index is 620. The Hall–Kier alpha value is -2.37. The molecule has 2 heterocycles. The molecular formula is C15H21N5O. The number of pyridine rings is 1. The Morgan fingerprint density at radius 2 is 1.90 bits per heavy atom. The van der Waals surface area contributed by atoms with E-state index in [-0.39, 0.29) is 23.6 Å². The first-order valence-corrected chi connectivity index (χ1v) is 6.94. The molecule has 1 unspecified atom stereocenters. The van der Waals surface area contributed by atoms with Crippen LogP contribution in [0.4, 0.5) is 5.69 Å². The molecule has 0 fully saturated rings. The van der Waals surface area contributed by atoms with E-state index in [0.29, 0.717) is 5.69 Å². The highest BCUT2D eigenvalue weighted by atomic mass is 16.2. The van der Waals surface area contributed by atoms with Crippen molar-refractivity contribution < 1.29 is 4.79 Å². The van der Waals surface area contributed by atoms with Crippen molar-refractivity contribution in [1.29, 1.82) is 0 Å². The monoisotopic (exact) mass is 287 g/mol. The van der Waals surface area contributed by atoms with Gasteiger partial charge in [-0.05, 0) is 30.5 Å². The fourth-order valence-electron chi connectivity index (χ4n) is 2.18. The Balaban J connectivity index is 2.24. The van der Waals surface area contributed by atoms with Gasteiger partial charge in [0.25, 0.3) is 5.91 Å². The van der Waals surface area contributed by atoms with Gasteiger partial charge in [-0.3, -0.25) is 14.9 Å². The largest absolute Gasteiger partial charge is 0.395 e. The summed E-state index contributed by atoms with van der Waals surface area (Å²) in [7, 11) is 1.75. The molecule has 2 aromatic heterocycles. The molecule has 6 heteroatoms. The zero-order valence-corrected chi connectivity index (χ0v) is 12.8. The first kappa shape index (κ1) is 15.0. The molecule has 1 atom stereocenters. The molecule has 0 aliphatic heterocycles. The maximum absolute atomic E-state index is 12.6. The molecule has 112 valence electrons.